The zero-order valence-electron chi connectivity index (χ0n) is 11.9. The zero-order chi connectivity index (χ0) is 13.9. The van der Waals surface area contributed by atoms with Crippen molar-refractivity contribution in [2.45, 2.75) is 38.3 Å². The maximum atomic E-state index is 10.8. The van der Waals surface area contributed by atoms with Crippen molar-refractivity contribution in [3.05, 3.63) is 42.1 Å². The Morgan fingerprint density at radius 2 is 2.20 bits per heavy atom. The minimum Gasteiger partial charge on any atom is -0.387 e. The van der Waals surface area contributed by atoms with Crippen LogP contribution in [-0.4, -0.2) is 22.7 Å². The molecule has 0 spiro atoms. The molecule has 0 saturated carbocycles. The lowest BCUT2D eigenvalue weighted by atomic mass is 9.85. The number of aromatic nitrogens is 1. The average molecular weight is 270 g/mol. The lowest BCUT2D eigenvalue weighted by molar-refractivity contribution is 0.0990. The summed E-state index contributed by atoms with van der Waals surface area (Å²) in [7, 11) is 0. The van der Waals surface area contributed by atoms with Gasteiger partial charge in [-0.25, -0.2) is 0 Å². The van der Waals surface area contributed by atoms with Crippen molar-refractivity contribution >= 4 is 10.9 Å². The normalized spacial score (nSPS) is 24.7. The van der Waals surface area contributed by atoms with E-state index >= 15 is 0 Å². The molecule has 1 saturated heterocycles. The molecule has 3 heteroatoms. The number of hydrogen-bond donors (Lipinski definition) is 2. The first-order valence-electron chi connectivity index (χ1n) is 7.54. The number of aliphatic hydroxyl groups is 1. The van der Waals surface area contributed by atoms with Gasteiger partial charge in [-0.1, -0.05) is 31.5 Å². The second-order valence-corrected chi connectivity index (χ2v) is 5.72. The summed E-state index contributed by atoms with van der Waals surface area (Å²) < 4.78 is 0. The Balaban J connectivity index is 1.90. The van der Waals surface area contributed by atoms with Crippen molar-refractivity contribution in [3.63, 3.8) is 0 Å². The highest BCUT2D eigenvalue weighted by atomic mass is 16.3. The van der Waals surface area contributed by atoms with Crippen molar-refractivity contribution < 1.29 is 5.11 Å². The third-order valence-electron chi connectivity index (χ3n) is 4.51. The van der Waals surface area contributed by atoms with Gasteiger partial charge in [0.2, 0.25) is 0 Å². The SMILES string of the molecule is CCC1CCNC(C(O)c2ccnc3ccccc23)C1. The summed E-state index contributed by atoms with van der Waals surface area (Å²) in [5, 5.41) is 15.3. The third-order valence-corrected chi connectivity index (χ3v) is 4.51. The Labute approximate surface area is 120 Å². The van der Waals surface area contributed by atoms with Gasteiger partial charge in [0.25, 0.3) is 0 Å². The largest absolute Gasteiger partial charge is 0.387 e. The van der Waals surface area contributed by atoms with Gasteiger partial charge in [0, 0.05) is 17.6 Å². The van der Waals surface area contributed by atoms with Gasteiger partial charge < -0.3 is 10.4 Å². The minimum atomic E-state index is -0.461. The number of nitrogens with zero attached hydrogens (tertiary/aromatic N) is 1. The van der Waals surface area contributed by atoms with Crippen LogP contribution in [0, 0.1) is 5.92 Å². The first kappa shape index (κ1) is 13.5. The number of pyridine rings is 1. The van der Waals surface area contributed by atoms with Crippen LogP contribution in [0.2, 0.25) is 0 Å². The summed E-state index contributed by atoms with van der Waals surface area (Å²) in [6, 6.07) is 10.1. The van der Waals surface area contributed by atoms with Crippen LogP contribution in [0.5, 0.6) is 0 Å². The molecule has 1 fully saturated rings. The number of fused-ring (bicyclic) bond motifs is 1. The Hall–Kier alpha value is -1.45. The highest BCUT2D eigenvalue weighted by Gasteiger charge is 2.27. The molecule has 1 aromatic heterocycles. The second-order valence-electron chi connectivity index (χ2n) is 5.72. The van der Waals surface area contributed by atoms with Gasteiger partial charge in [-0.3, -0.25) is 4.98 Å². The van der Waals surface area contributed by atoms with Gasteiger partial charge in [0.15, 0.2) is 0 Å². The molecule has 106 valence electrons. The van der Waals surface area contributed by atoms with Crippen LogP contribution in [0.3, 0.4) is 0 Å². The van der Waals surface area contributed by atoms with E-state index in [4.69, 9.17) is 0 Å². The number of aliphatic hydroxyl groups excluding tert-OH is 1. The molecule has 1 aliphatic heterocycles. The summed E-state index contributed by atoms with van der Waals surface area (Å²) in [6.45, 7) is 3.24. The molecule has 20 heavy (non-hydrogen) atoms. The van der Waals surface area contributed by atoms with E-state index in [1.54, 1.807) is 6.20 Å². The van der Waals surface area contributed by atoms with E-state index < -0.39 is 6.10 Å². The van der Waals surface area contributed by atoms with E-state index in [9.17, 15) is 5.11 Å². The second kappa shape index (κ2) is 5.90. The van der Waals surface area contributed by atoms with Crippen LogP contribution < -0.4 is 5.32 Å². The fourth-order valence-corrected chi connectivity index (χ4v) is 3.24. The summed E-state index contributed by atoms with van der Waals surface area (Å²) in [4.78, 5) is 4.37. The standard InChI is InChI=1S/C17H22N2O/c1-2-12-7-9-19-16(11-12)17(20)14-8-10-18-15-6-4-3-5-13(14)15/h3-6,8,10,12,16-17,19-20H,2,7,9,11H2,1H3. The highest BCUT2D eigenvalue weighted by molar-refractivity contribution is 5.82. The van der Waals surface area contributed by atoms with Crippen LogP contribution in [-0.2, 0) is 0 Å². The van der Waals surface area contributed by atoms with Crippen LogP contribution in [0.4, 0.5) is 0 Å². The fourth-order valence-electron chi connectivity index (χ4n) is 3.24. The maximum absolute atomic E-state index is 10.8. The molecule has 0 aliphatic carbocycles. The Morgan fingerprint density at radius 1 is 1.35 bits per heavy atom. The monoisotopic (exact) mass is 270 g/mol. The van der Waals surface area contributed by atoms with Crippen LogP contribution in [0.15, 0.2) is 36.5 Å². The molecule has 2 N–H and O–H groups in total. The molecule has 2 heterocycles. The van der Waals surface area contributed by atoms with Gasteiger partial charge in [-0.15, -0.1) is 0 Å². The predicted octanol–water partition coefficient (Wildman–Crippen LogP) is 3.05. The number of nitrogens with one attached hydrogen (secondary N) is 1. The van der Waals surface area contributed by atoms with Gasteiger partial charge in [-0.05, 0) is 43.0 Å². The van der Waals surface area contributed by atoms with E-state index in [2.05, 4.69) is 17.2 Å². The summed E-state index contributed by atoms with van der Waals surface area (Å²) in [5.74, 6) is 0.726. The molecule has 0 amide bonds. The van der Waals surface area contributed by atoms with E-state index in [0.717, 1.165) is 35.3 Å². The van der Waals surface area contributed by atoms with Crippen molar-refractivity contribution in [2.75, 3.05) is 6.54 Å². The molecule has 2 aromatic rings. The molecular weight excluding hydrogens is 248 g/mol. The van der Waals surface area contributed by atoms with Crippen molar-refractivity contribution in [1.82, 2.24) is 10.3 Å². The molecule has 0 radical (unpaired) electrons. The quantitative estimate of drug-likeness (QED) is 0.901. The smallest absolute Gasteiger partial charge is 0.0950 e. The lowest BCUT2D eigenvalue weighted by Crippen LogP contribution is -2.42. The van der Waals surface area contributed by atoms with E-state index in [1.807, 2.05) is 30.3 Å². The summed E-state index contributed by atoms with van der Waals surface area (Å²) >= 11 is 0. The fraction of sp³-hybridized carbons (Fsp3) is 0.471. The van der Waals surface area contributed by atoms with Crippen molar-refractivity contribution in [2.24, 2.45) is 5.92 Å². The topological polar surface area (TPSA) is 45.1 Å². The van der Waals surface area contributed by atoms with E-state index in [0.29, 0.717) is 0 Å². The lowest BCUT2D eigenvalue weighted by Gasteiger charge is -2.33. The average Bonchev–Trinajstić information content (AvgIpc) is 2.53. The summed E-state index contributed by atoms with van der Waals surface area (Å²) in [5.41, 5.74) is 1.94. The van der Waals surface area contributed by atoms with Gasteiger partial charge in [0.05, 0.1) is 11.6 Å². The number of hydrogen-bond acceptors (Lipinski definition) is 3. The molecule has 1 aliphatic rings. The third kappa shape index (κ3) is 2.56. The molecule has 3 nitrogen and oxygen atoms in total. The Kier molecular flexibility index (Phi) is 3.99. The van der Waals surface area contributed by atoms with Crippen LogP contribution in [0.1, 0.15) is 37.9 Å². The molecule has 3 rings (SSSR count). The van der Waals surface area contributed by atoms with Crippen molar-refractivity contribution in [3.8, 4) is 0 Å². The molecule has 3 atom stereocenters. The van der Waals surface area contributed by atoms with Gasteiger partial charge >= 0.3 is 0 Å². The van der Waals surface area contributed by atoms with E-state index in [-0.39, 0.29) is 6.04 Å². The molecule has 3 unspecified atom stereocenters. The molecule has 0 bridgehead atoms. The Bertz CT molecular complexity index is 579. The minimum absolute atomic E-state index is 0.152. The highest BCUT2D eigenvalue weighted by Crippen LogP contribution is 2.30. The van der Waals surface area contributed by atoms with E-state index in [1.165, 1.54) is 12.8 Å². The molecular formula is C17H22N2O. The Morgan fingerprint density at radius 3 is 3.05 bits per heavy atom. The number of piperidine rings is 1. The number of para-hydroxylation sites is 1. The number of benzene rings is 1. The van der Waals surface area contributed by atoms with Crippen LogP contribution in [0.25, 0.3) is 10.9 Å². The molecule has 1 aromatic carbocycles. The summed E-state index contributed by atoms with van der Waals surface area (Å²) in [6.07, 6.45) is 4.80. The van der Waals surface area contributed by atoms with Crippen molar-refractivity contribution in [1.29, 1.82) is 0 Å². The first-order chi connectivity index (χ1) is 9.79. The predicted molar refractivity (Wildman–Crippen MR) is 81.5 cm³/mol. The number of rotatable bonds is 3. The maximum Gasteiger partial charge on any atom is 0.0950 e. The van der Waals surface area contributed by atoms with Crippen LogP contribution >= 0.6 is 0 Å². The van der Waals surface area contributed by atoms with Gasteiger partial charge in [0.1, 0.15) is 0 Å². The zero-order valence-corrected chi connectivity index (χ0v) is 11.9. The van der Waals surface area contributed by atoms with Gasteiger partial charge in [-0.2, -0.15) is 0 Å². The first-order valence-corrected chi connectivity index (χ1v) is 7.54.